The van der Waals surface area contributed by atoms with Crippen LogP contribution in [0.1, 0.15) is 10.4 Å². The number of rotatable bonds is 2. The number of nitrogens with two attached hydrogens (primary N) is 1. The van der Waals surface area contributed by atoms with Crippen LogP contribution in [0.4, 0.5) is 0 Å². The van der Waals surface area contributed by atoms with Crippen molar-refractivity contribution >= 4 is 5.91 Å². The van der Waals surface area contributed by atoms with Crippen LogP contribution in [0.25, 0.3) is 11.1 Å². The summed E-state index contributed by atoms with van der Waals surface area (Å²) >= 11 is 0. The van der Waals surface area contributed by atoms with E-state index < -0.39 is 0 Å². The van der Waals surface area contributed by atoms with Gasteiger partial charge in [-0.2, -0.15) is 30.3 Å². The Hall–Kier alpha value is -2.09. The summed E-state index contributed by atoms with van der Waals surface area (Å²) in [6.07, 6.45) is 0. The molecule has 0 saturated carbocycles. The molecule has 0 aliphatic carbocycles. The fourth-order valence-electron chi connectivity index (χ4n) is 1.82. The average Bonchev–Trinajstić information content (AvgIpc) is 3.14. The summed E-state index contributed by atoms with van der Waals surface area (Å²) < 4.78 is 0. The summed E-state index contributed by atoms with van der Waals surface area (Å²) in [5.41, 5.74) is 7.77. The van der Waals surface area contributed by atoms with E-state index in [1.54, 1.807) is 6.07 Å². The number of carbonyl (C=O) groups excluding carboxylic acids is 1. The van der Waals surface area contributed by atoms with Crippen molar-refractivity contribution in [1.29, 1.82) is 0 Å². The van der Waals surface area contributed by atoms with Crippen molar-refractivity contribution < 1.29 is 21.9 Å². The molecule has 3 heteroatoms. The van der Waals surface area contributed by atoms with Gasteiger partial charge in [0.1, 0.15) is 0 Å². The molecule has 2 N–H and O–H groups in total. The minimum absolute atomic E-state index is 0. The molecule has 3 aromatic carbocycles. The van der Waals surface area contributed by atoms with Gasteiger partial charge in [0.15, 0.2) is 0 Å². The van der Waals surface area contributed by atoms with E-state index in [9.17, 15) is 4.79 Å². The first-order valence-electron chi connectivity index (χ1n) is 6.06. The Labute approximate surface area is 129 Å². The van der Waals surface area contributed by atoms with E-state index in [4.69, 9.17) is 5.73 Å². The Bertz CT molecular complexity index is 595. The third kappa shape index (κ3) is 4.23. The van der Waals surface area contributed by atoms with Crippen molar-refractivity contribution in [1.82, 2.24) is 0 Å². The molecule has 3 aromatic rings. The van der Waals surface area contributed by atoms with Crippen molar-refractivity contribution in [2.45, 2.75) is 0 Å². The maximum absolute atomic E-state index is 11.1. The summed E-state index contributed by atoms with van der Waals surface area (Å²) in [6, 6.07) is 25.1. The molecule has 0 aliphatic heterocycles. The van der Waals surface area contributed by atoms with Crippen LogP contribution >= 0.6 is 0 Å². The van der Waals surface area contributed by atoms with Crippen LogP contribution in [0.5, 0.6) is 0 Å². The number of benzene rings is 1. The monoisotopic (exact) mass is 305 g/mol. The number of amides is 1. The van der Waals surface area contributed by atoms with E-state index in [0.717, 1.165) is 11.1 Å². The largest absolute Gasteiger partial charge is 2.00 e. The smallest absolute Gasteiger partial charge is 0.372 e. The summed E-state index contributed by atoms with van der Waals surface area (Å²) in [5.74, 6) is -0.387. The molecule has 0 heterocycles. The van der Waals surface area contributed by atoms with Crippen LogP contribution in [0.15, 0.2) is 78.9 Å². The summed E-state index contributed by atoms with van der Waals surface area (Å²) in [5, 5.41) is 0. The van der Waals surface area contributed by atoms with Crippen molar-refractivity contribution in [3.63, 3.8) is 0 Å². The molecule has 0 unspecified atom stereocenters. The fourth-order valence-corrected chi connectivity index (χ4v) is 1.82. The Morgan fingerprint density at radius 2 is 1.55 bits per heavy atom. The van der Waals surface area contributed by atoms with Crippen LogP contribution in [0.3, 0.4) is 0 Å². The predicted molar refractivity (Wildman–Crippen MR) is 78.0 cm³/mol. The molecule has 102 valence electrons. The minimum atomic E-state index is -0.387. The normalized spacial score (nSPS) is 9.00. The molecule has 1 amide bonds. The second kappa shape index (κ2) is 8.15. The van der Waals surface area contributed by atoms with Gasteiger partial charge in [-0.1, -0.05) is 23.8 Å². The standard InChI is InChI=1S/C12H10NO.C5H5.Fe/c13-12(14)11-8-4-3-7-10(11)9-5-1-2-6-9;1-2-4-5-3-1;/h1-8H,(H2,13,14);1-5H;/q2*-1;+2. The number of hydrogen-bond donors (Lipinski definition) is 1. The zero-order valence-electron chi connectivity index (χ0n) is 10.8. The summed E-state index contributed by atoms with van der Waals surface area (Å²) in [7, 11) is 0. The van der Waals surface area contributed by atoms with Gasteiger partial charge >= 0.3 is 17.1 Å². The minimum Gasteiger partial charge on any atom is -0.372 e. The van der Waals surface area contributed by atoms with Gasteiger partial charge in [0.25, 0.3) is 0 Å². The topological polar surface area (TPSA) is 43.1 Å². The first kappa shape index (κ1) is 16.0. The first-order chi connectivity index (χ1) is 9.29. The summed E-state index contributed by atoms with van der Waals surface area (Å²) in [6.45, 7) is 0. The molecule has 3 rings (SSSR count). The Morgan fingerprint density at radius 3 is 2.05 bits per heavy atom. The summed E-state index contributed by atoms with van der Waals surface area (Å²) in [4.78, 5) is 11.1. The second-order valence-corrected chi connectivity index (χ2v) is 4.05. The third-order valence-corrected chi connectivity index (χ3v) is 2.72. The molecule has 0 spiro atoms. The van der Waals surface area contributed by atoms with Gasteiger partial charge in [-0.25, -0.2) is 12.1 Å². The molecule has 0 aromatic heterocycles. The maximum atomic E-state index is 11.1. The third-order valence-electron chi connectivity index (χ3n) is 2.72. The van der Waals surface area contributed by atoms with Crippen LogP contribution in [0.2, 0.25) is 0 Å². The molecular formula is C17H15FeNO. The van der Waals surface area contributed by atoms with Gasteiger partial charge in [0, 0.05) is 0 Å². The average molecular weight is 305 g/mol. The van der Waals surface area contributed by atoms with E-state index in [1.807, 2.05) is 72.8 Å². The molecule has 0 radical (unpaired) electrons. The van der Waals surface area contributed by atoms with Crippen LogP contribution in [-0.4, -0.2) is 5.91 Å². The number of carbonyl (C=O) groups is 1. The van der Waals surface area contributed by atoms with E-state index in [0.29, 0.717) is 5.56 Å². The first-order valence-corrected chi connectivity index (χ1v) is 6.06. The molecule has 2 nitrogen and oxygen atoms in total. The maximum Gasteiger partial charge on any atom is 2.00 e. The molecule has 0 aliphatic rings. The van der Waals surface area contributed by atoms with Gasteiger partial charge in [0.05, 0.1) is 0 Å². The van der Waals surface area contributed by atoms with Crippen molar-refractivity contribution in [2.24, 2.45) is 5.73 Å². The van der Waals surface area contributed by atoms with E-state index in [1.165, 1.54) is 0 Å². The van der Waals surface area contributed by atoms with Crippen LogP contribution in [-0.2, 0) is 17.1 Å². The second-order valence-electron chi connectivity index (χ2n) is 4.05. The van der Waals surface area contributed by atoms with Gasteiger partial charge in [-0.3, -0.25) is 4.79 Å². The molecule has 20 heavy (non-hydrogen) atoms. The van der Waals surface area contributed by atoms with E-state index in [2.05, 4.69) is 0 Å². The molecule has 0 atom stereocenters. The quantitative estimate of drug-likeness (QED) is 0.571. The molecule has 0 fully saturated rings. The Morgan fingerprint density at radius 1 is 0.950 bits per heavy atom. The van der Waals surface area contributed by atoms with Gasteiger partial charge in [-0.05, 0) is 5.56 Å². The number of primary amides is 1. The van der Waals surface area contributed by atoms with Crippen molar-refractivity contribution in [3.05, 3.63) is 84.4 Å². The van der Waals surface area contributed by atoms with Gasteiger partial charge in [-0.15, -0.1) is 23.8 Å². The zero-order chi connectivity index (χ0) is 13.5. The van der Waals surface area contributed by atoms with Crippen LogP contribution < -0.4 is 5.73 Å². The number of hydrogen-bond acceptors (Lipinski definition) is 1. The molecular weight excluding hydrogens is 290 g/mol. The molecule has 0 bridgehead atoms. The zero-order valence-corrected chi connectivity index (χ0v) is 11.9. The van der Waals surface area contributed by atoms with Crippen LogP contribution in [0, 0.1) is 0 Å². The van der Waals surface area contributed by atoms with Gasteiger partial charge < -0.3 is 5.73 Å². The fraction of sp³-hybridized carbons (Fsp3) is 0. The van der Waals surface area contributed by atoms with E-state index >= 15 is 0 Å². The van der Waals surface area contributed by atoms with Gasteiger partial charge in [0.2, 0.25) is 5.91 Å². The predicted octanol–water partition coefficient (Wildman–Crippen LogP) is 3.57. The SMILES string of the molecule is NC(=O)c1ccccc1-[c-]1cccc1.[Fe+2].c1cc[cH-]c1. The van der Waals surface area contributed by atoms with Crippen molar-refractivity contribution in [2.75, 3.05) is 0 Å². The Kier molecular flexibility index (Phi) is 6.51. The molecule has 0 saturated heterocycles. The Balaban J connectivity index is 0.000000283. The van der Waals surface area contributed by atoms with Crippen molar-refractivity contribution in [3.8, 4) is 11.1 Å². The van der Waals surface area contributed by atoms with E-state index in [-0.39, 0.29) is 23.0 Å².